The number of methoxy groups -OCH3 is 1. The van der Waals surface area contributed by atoms with Crippen LogP contribution in [0.1, 0.15) is 16.8 Å². The number of rotatable bonds is 6. The molecule has 33 heavy (non-hydrogen) atoms. The zero-order valence-corrected chi connectivity index (χ0v) is 17.9. The normalized spacial score (nSPS) is 24.7. The number of fused-ring (bicyclic) bond motifs is 5. The van der Waals surface area contributed by atoms with Crippen LogP contribution in [0, 0.1) is 23.7 Å². The molecule has 1 saturated heterocycles. The van der Waals surface area contributed by atoms with Crippen molar-refractivity contribution >= 4 is 35.1 Å². The first-order chi connectivity index (χ1) is 16.0. The fourth-order valence-electron chi connectivity index (χ4n) is 5.04. The largest absolute Gasteiger partial charge is 0.497 e. The van der Waals surface area contributed by atoms with Crippen LogP contribution in [0.3, 0.4) is 0 Å². The minimum absolute atomic E-state index is 0.109. The van der Waals surface area contributed by atoms with Crippen molar-refractivity contribution in [2.75, 3.05) is 23.9 Å². The summed E-state index contributed by atoms with van der Waals surface area (Å²) in [4.78, 5) is 51.9. The Labute approximate surface area is 190 Å². The van der Waals surface area contributed by atoms with Crippen LogP contribution >= 0.6 is 0 Å². The molecule has 3 aliphatic rings. The maximum Gasteiger partial charge on any atom is 0.338 e. The molecular weight excluding hydrogens is 424 g/mol. The van der Waals surface area contributed by atoms with Gasteiger partial charge in [-0.2, -0.15) is 0 Å². The van der Waals surface area contributed by atoms with Crippen molar-refractivity contribution in [2.24, 2.45) is 23.7 Å². The molecule has 8 nitrogen and oxygen atoms in total. The first kappa shape index (κ1) is 20.9. The number of nitrogens with one attached hydrogen (secondary N) is 1. The van der Waals surface area contributed by atoms with E-state index in [9.17, 15) is 19.2 Å². The number of hydrogen-bond acceptors (Lipinski definition) is 6. The van der Waals surface area contributed by atoms with Crippen LogP contribution in [0.5, 0.6) is 5.75 Å². The van der Waals surface area contributed by atoms with E-state index in [1.165, 1.54) is 24.1 Å². The molecule has 2 fully saturated rings. The number of esters is 1. The quantitative estimate of drug-likeness (QED) is 0.416. The lowest BCUT2D eigenvalue weighted by molar-refractivity contribution is -0.123. The van der Waals surface area contributed by atoms with Gasteiger partial charge in [0.1, 0.15) is 5.75 Å². The number of carbonyl (C=O) groups excluding carboxylic acids is 4. The summed E-state index contributed by atoms with van der Waals surface area (Å²) in [5.74, 6) is -1.50. The predicted molar refractivity (Wildman–Crippen MR) is 119 cm³/mol. The zero-order chi connectivity index (χ0) is 23.1. The molecule has 168 valence electrons. The topological polar surface area (TPSA) is 102 Å². The van der Waals surface area contributed by atoms with Crippen LogP contribution in [0.15, 0.2) is 60.7 Å². The van der Waals surface area contributed by atoms with Crippen molar-refractivity contribution in [2.45, 2.75) is 6.42 Å². The average Bonchev–Trinajstić information content (AvgIpc) is 3.51. The van der Waals surface area contributed by atoms with Crippen LogP contribution in [0.2, 0.25) is 0 Å². The number of imide groups is 1. The van der Waals surface area contributed by atoms with Gasteiger partial charge in [0, 0.05) is 11.8 Å². The first-order valence-electron chi connectivity index (χ1n) is 10.7. The molecule has 4 atom stereocenters. The van der Waals surface area contributed by atoms with Gasteiger partial charge >= 0.3 is 5.97 Å². The Morgan fingerprint density at radius 3 is 2.39 bits per heavy atom. The van der Waals surface area contributed by atoms with Crippen LogP contribution < -0.4 is 15.0 Å². The highest BCUT2D eigenvalue weighted by Gasteiger charge is 2.59. The molecule has 1 heterocycles. The molecule has 1 saturated carbocycles. The Morgan fingerprint density at radius 1 is 1.00 bits per heavy atom. The molecule has 5 rings (SSSR count). The highest BCUT2D eigenvalue weighted by Crippen LogP contribution is 2.53. The number of hydrogen-bond donors (Lipinski definition) is 1. The standard InChI is InChI=1S/C25H22N2O6/c1-32-19-7-3-5-17(12-19)26-20(28)13-33-25(31)16-4-2-6-18(11-16)27-23(29)21-14-8-9-15(10-14)22(21)24(27)30/h2-9,11-12,14-15,21-22H,10,13H2,1H3,(H,26,28)/t14-,15-,21-,22+/m0/s1. The van der Waals surface area contributed by atoms with E-state index >= 15 is 0 Å². The summed E-state index contributed by atoms with van der Waals surface area (Å²) in [5, 5.41) is 2.63. The minimum atomic E-state index is -0.723. The third-order valence-electron chi connectivity index (χ3n) is 6.50. The molecule has 0 radical (unpaired) electrons. The second-order valence-electron chi connectivity index (χ2n) is 8.42. The van der Waals surface area contributed by atoms with Crippen LogP contribution in [-0.2, 0) is 19.1 Å². The van der Waals surface area contributed by atoms with E-state index in [0.717, 1.165) is 6.42 Å². The van der Waals surface area contributed by atoms with E-state index < -0.39 is 18.5 Å². The van der Waals surface area contributed by atoms with Gasteiger partial charge in [0.2, 0.25) is 11.8 Å². The van der Waals surface area contributed by atoms with Crippen LogP contribution in [0.4, 0.5) is 11.4 Å². The SMILES string of the molecule is COc1cccc(NC(=O)COC(=O)c2cccc(N3C(=O)[C@@H]4[C@H](C3=O)[C@H]3C=C[C@H]4C3)c2)c1. The monoisotopic (exact) mass is 446 g/mol. The number of benzene rings is 2. The Bertz CT molecular complexity index is 1160. The molecule has 2 aromatic rings. The van der Waals surface area contributed by atoms with Gasteiger partial charge < -0.3 is 14.8 Å². The summed E-state index contributed by atoms with van der Waals surface area (Å²) >= 11 is 0. The van der Waals surface area contributed by atoms with E-state index in [0.29, 0.717) is 17.1 Å². The number of carbonyl (C=O) groups is 4. The van der Waals surface area contributed by atoms with E-state index in [1.807, 2.05) is 12.2 Å². The zero-order valence-electron chi connectivity index (χ0n) is 17.9. The molecule has 0 spiro atoms. The van der Waals surface area contributed by atoms with Crippen molar-refractivity contribution in [3.05, 3.63) is 66.2 Å². The Kier molecular flexibility index (Phi) is 5.20. The summed E-state index contributed by atoms with van der Waals surface area (Å²) in [7, 11) is 1.52. The maximum absolute atomic E-state index is 13.0. The Balaban J connectivity index is 1.24. The summed E-state index contributed by atoms with van der Waals surface area (Å²) in [5.41, 5.74) is 1.01. The second-order valence-corrected chi connectivity index (χ2v) is 8.42. The summed E-state index contributed by atoms with van der Waals surface area (Å²) < 4.78 is 10.2. The second kappa shape index (κ2) is 8.20. The average molecular weight is 446 g/mol. The van der Waals surface area contributed by atoms with Gasteiger partial charge in [-0.05, 0) is 48.6 Å². The lowest BCUT2D eigenvalue weighted by atomic mass is 9.85. The smallest absolute Gasteiger partial charge is 0.338 e. The minimum Gasteiger partial charge on any atom is -0.497 e. The van der Waals surface area contributed by atoms with Crippen molar-refractivity contribution in [3.8, 4) is 5.75 Å². The van der Waals surface area contributed by atoms with Gasteiger partial charge in [-0.1, -0.05) is 24.3 Å². The van der Waals surface area contributed by atoms with E-state index in [4.69, 9.17) is 9.47 Å². The van der Waals surface area contributed by atoms with Gasteiger partial charge in [-0.25, -0.2) is 9.69 Å². The molecule has 3 amide bonds. The third-order valence-corrected chi connectivity index (χ3v) is 6.50. The van der Waals surface area contributed by atoms with Crippen molar-refractivity contribution < 1.29 is 28.7 Å². The van der Waals surface area contributed by atoms with Gasteiger partial charge in [0.15, 0.2) is 6.61 Å². The van der Waals surface area contributed by atoms with Gasteiger partial charge in [0.25, 0.3) is 5.91 Å². The summed E-state index contributed by atoms with van der Waals surface area (Å²) in [6.45, 7) is -0.485. The predicted octanol–water partition coefficient (Wildman–Crippen LogP) is 2.80. The molecule has 1 aliphatic heterocycles. The van der Waals surface area contributed by atoms with Crippen molar-refractivity contribution in [1.82, 2.24) is 0 Å². The third kappa shape index (κ3) is 3.67. The molecule has 8 heteroatoms. The number of nitrogens with zero attached hydrogens (tertiary/aromatic N) is 1. The fraction of sp³-hybridized carbons (Fsp3) is 0.280. The number of allylic oxidation sites excluding steroid dienone is 2. The van der Waals surface area contributed by atoms with Crippen LogP contribution in [-0.4, -0.2) is 37.4 Å². The number of amides is 3. The van der Waals surface area contributed by atoms with Crippen molar-refractivity contribution in [3.63, 3.8) is 0 Å². The lowest BCUT2D eigenvalue weighted by Crippen LogP contribution is -2.33. The van der Waals surface area contributed by atoms with E-state index in [2.05, 4.69) is 5.32 Å². The van der Waals surface area contributed by atoms with Gasteiger partial charge in [0.05, 0.1) is 30.2 Å². The Hall–Kier alpha value is -3.94. The summed E-state index contributed by atoms with van der Waals surface area (Å²) in [6.07, 6.45) is 4.92. The fourth-order valence-corrected chi connectivity index (χ4v) is 5.04. The number of anilines is 2. The molecule has 2 aliphatic carbocycles. The molecule has 0 aromatic heterocycles. The van der Waals surface area contributed by atoms with E-state index in [-0.39, 0.29) is 41.0 Å². The molecular formula is C25H22N2O6. The van der Waals surface area contributed by atoms with E-state index in [1.54, 1.807) is 36.4 Å². The molecule has 2 bridgehead atoms. The van der Waals surface area contributed by atoms with Gasteiger partial charge in [-0.3, -0.25) is 14.4 Å². The number of ether oxygens (including phenoxy) is 2. The van der Waals surface area contributed by atoms with Crippen molar-refractivity contribution in [1.29, 1.82) is 0 Å². The molecule has 2 aromatic carbocycles. The first-order valence-corrected chi connectivity index (χ1v) is 10.7. The summed E-state index contributed by atoms with van der Waals surface area (Å²) in [6, 6.07) is 13.0. The highest BCUT2D eigenvalue weighted by molar-refractivity contribution is 6.23. The molecule has 1 N–H and O–H groups in total. The highest BCUT2D eigenvalue weighted by atomic mass is 16.5. The van der Waals surface area contributed by atoms with Gasteiger partial charge in [-0.15, -0.1) is 0 Å². The molecule has 0 unspecified atom stereocenters. The lowest BCUT2D eigenvalue weighted by Gasteiger charge is -2.18. The maximum atomic E-state index is 13.0. The Morgan fingerprint density at radius 2 is 1.70 bits per heavy atom. The van der Waals surface area contributed by atoms with Crippen LogP contribution in [0.25, 0.3) is 0 Å².